The van der Waals surface area contributed by atoms with Gasteiger partial charge in [0.15, 0.2) is 0 Å². The Morgan fingerprint density at radius 2 is 1.80 bits per heavy atom. The fourth-order valence-corrected chi connectivity index (χ4v) is 1.30. The molecule has 0 bridgehead atoms. The van der Waals surface area contributed by atoms with E-state index in [2.05, 4.69) is 4.98 Å². The first-order valence-electron chi connectivity index (χ1n) is 4.39. The Hall–Kier alpha value is -2.17. The highest BCUT2D eigenvalue weighted by Gasteiger charge is 2.04. The van der Waals surface area contributed by atoms with Crippen molar-refractivity contribution in [1.29, 1.82) is 0 Å². The van der Waals surface area contributed by atoms with Crippen LogP contribution in [-0.4, -0.2) is 14.1 Å². The largest absolute Gasteiger partial charge is 0.335 e. The molecule has 0 atom stereocenters. The maximum atomic E-state index is 11.7. The summed E-state index contributed by atoms with van der Waals surface area (Å²) in [4.78, 5) is 27.0. The zero-order valence-corrected chi connectivity index (χ0v) is 8.12. The lowest BCUT2D eigenvalue weighted by atomic mass is 10.4. The van der Waals surface area contributed by atoms with Gasteiger partial charge in [-0.15, -0.1) is 0 Å². The van der Waals surface area contributed by atoms with Gasteiger partial charge in [-0.1, -0.05) is 0 Å². The zero-order chi connectivity index (χ0) is 10.8. The smallest absolute Gasteiger partial charge is 0.303 e. The first kappa shape index (κ1) is 9.39. The molecule has 0 aliphatic rings. The predicted octanol–water partition coefficient (Wildman–Crippen LogP) is -0.0688. The molecule has 0 aliphatic carbocycles. The molecule has 5 nitrogen and oxygen atoms in total. The minimum atomic E-state index is -0.367. The molecule has 2 aromatic rings. The van der Waals surface area contributed by atoms with Gasteiger partial charge in [0.25, 0.3) is 5.56 Å². The summed E-state index contributed by atoms with van der Waals surface area (Å²) in [6, 6.07) is 4.58. The summed E-state index contributed by atoms with van der Waals surface area (Å²) in [6.45, 7) is 0. The number of hydrogen-bond donors (Lipinski definition) is 0. The molecule has 0 aliphatic heterocycles. The van der Waals surface area contributed by atoms with Crippen molar-refractivity contribution in [2.45, 2.75) is 0 Å². The average molecular weight is 203 g/mol. The molecule has 76 valence electrons. The Bertz CT molecular complexity index is 584. The number of rotatable bonds is 1. The van der Waals surface area contributed by atoms with Crippen LogP contribution in [0.5, 0.6) is 0 Å². The number of nitrogens with zero attached hydrogens (tertiary/aromatic N) is 3. The van der Waals surface area contributed by atoms with Crippen molar-refractivity contribution in [3.8, 4) is 5.69 Å². The molecule has 0 N–H and O–H groups in total. The lowest BCUT2D eigenvalue weighted by Crippen LogP contribution is -2.36. The Morgan fingerprint density at radius 1 is 1.13 bits per heavy atom. The summed E-state index contributed by atoms with van der Waals surface area (Å²) in [6.07, 6.45) is 4.52. The molecule has 2 heterocycles. The van der Waals surface area contributed by atoms with Gasteiger partial charge in [-0.25, -0.2) is 9.36 Å². The van der Waals surface area contributed by atoms with Crippen molar-refractivity contribution in [3.63, 3.8) is 0 Å². The molecule has 0 aromatic carbocycles. The van der Waals surface area contributed by atoms with E-state index in [-0.39, 0.29) is 11.2 Å². The molecule has 2 aromatic heterocycles. The molecule has 0 amide bonds. The van der Waals surface area contributed by atoms with Gasteiger partial charge in [0.1, 0.15) is 0 Å². The Morgan fingerprint density at radius 3 is 2.47 bits per heavy atom. The minimum Gasteiger partial charge on any atom is -0.303 e. The Balaban J connectivity index is 2.80. The Labute approximate surface area is 85.3 Å². The Kier molecular flexibility index (Phi) is 2.21. The van der Waals surface area contributed by atoms with E-state index in [1.165, 1.54) is 29.2 Å². The minimum absolute atomic E-state index is 0.343. The maximum absolute atomic E-state index is 11.7. The van der Waals surface area contributed by atoms with Crippen molar-refractivity contribution >= 4 is 0 Å². The second-order valence-corrected chi connectivity index (χ2v) is 3.09. The SMILES string of the molecule is Cn1ccc(=O)n(-c2ccncc2)c1=O. The number of aromatic nitrogens is 3. The molecular weight excluding hydrogens is 194 g/mol. The molecule has 0 spiro atoms. The quantitative estimate of drug-likeness (QED) is 0.652. The molecule has 15 heavy (non-hydrogen) atoms. The van der Waals surface area contributed by atoms with E-state index in [1.54, 1.807) is 19.2 Å². The van der Waals surface area contributed by atoms with E-state index in [0.29, 0.717) is 5.69 Å². The number of aryl methyl sites for hydroxylation is 1. The normalized spacial score (nSPS) is 10.2. The van der Waals surface area contributed by atoms with E-state index < -0.39 is 0 Å². The predicted molar refractivity (Wildman–Crippen MR) is 55.1 cm³/mol. The third-order valence-corrected chi connectivity index (χ3v) is 2.08. The van der Waals surface area contributed by atoms with E-state index >= 15 is 0 Å². The van der Waals surface area contributed by atoms with Crippen LogP contribution in [0.25, 0.3) is 5.69 Å². The third-order valence-electron chi connectivity index (χ3n) is 2.08. The van der Waals surface area contributed by atoms with Crippen LogP contribution >= 0.6 is 0 Å². The van der Waals surface area contributed by atoms with Gasteiger partial charge < -0.3 is 4.57 Å². The fraction of sp³-hybridized carbons (Fsp3) is 0.100. The summed E-state index contributed by atoms with van der Waals surface area (Å²) in [5.74, 6) is 0. The lowest BCUT2D eigenvalue weighted by molar-refractivity contribution is 0.738. The number of pyridine rings is 1. The van der Waals surface area contributed by atoms with E-state index in [0.717, 1.165) is 4.57 Å². The fourth-order valence-electron chi connectivity index (χ4n) is 1.30. The average Bonchev–Trinajstić information content (AvgIpc) is 2.26. The summed E-state index contributed by atoms with van der Waals surface area (Å²) in [7, 11) is 1.60. The van der Waals surface area contributed by atoms with Crippen molar-refractivity contribution < 1.29 is 0 Å². The van der Waals surface area contributed by atoms with Crippen LogP contribution < -0.4 is 11.2 Å². The second-order valence-electron chi connectivity index (χ2n) is 3.09. The first-order valence-corrected chi connectivity index (χ1v) is 4.39. The molecular formula is C10H9N3O2. The molecule has 5 heteroatoms. The van der Waals surface area contributed by atoms with Crippen LogP contribution in [0.15, 0.2) is 46.4 Å². The van der Waals surface area contributed by atoms with E-state index in [1.807, 2.05) is 0 Å². The number of hydrogen-bond acceptors (Lipinski definition) is 3. The van der Waals surface area contributed by atoms with E-state index in [4.69, 9.17) is 0 Å². The van der Waals surface area contributed by atoms with Gasteiger partial charge in [0, 0.05) is 31.7 Å². The summed E-state index contributed by atoms with van der Waals surface area (Å²) in [5, 5.41) is 0. The highest BCUT2D eigenvalue weighted by atomic mass is 16.2. The highest BCUT2D eigenvalue weighted by molar-refractivity contribution is 5.28. The van der Waals surface area contributed by atoms with E-state index in [9.17, 15) is 9.59 Å². The zero-order valence-electron chi connectivity index (χ0n) is 8.12. The van der Waals surface area contributed by atoms with Gasteiger partial charge in [0.05, 0.1) is 5.69 Å². The van der Waals surface area contributed by atoms with Crippen molar-refractivity contribution in [2.75, 3.05) is 0 Å². The van der Waals surface area contributed by atoms with Gasteiger partial charge in [0.2, 0.25) is 0 Å². The van der Waals surface area contributed by atoms with Gasteiger partial charge in [-0.05, 0) is 12.1 Å². The lowest BCUT2D eigenvalue weighted by Gasteiger charge is -2.05. The summed E-state index contributed by atoms with van der Waals surface area (Å²) in [5.41, 5.74) is -0.186. The van der Waals surface area contributed by atoms with Gasteiger partial charge in [-0.3, -0.25) is 9.78 Å². The third kappa shape index (κ3) is 1.59. The molecule has 0 radical (unpaired) electrons. The van der Waals surface area contributed by atoms with Crippen LogP contribution in [0, 0.1) is 0 Å². The van der Waals surface area contributed by atoms with Crippen LogP contribution in [0.1, 0.15) is 0 Å². The molecule has 2 rings (SSSR count). The van der Waals surface area contributed by atoms with Crippen molar-refractivity contribution in [3.05, 3.63) is 57.6 Å². The summed E-state index contributed by atoms with van der Waals surface area (Å²) >= 11 is 0. The topological polar surface area (TPSA) is 56.9 Å². The molecule has 0 fully saturated rings. The van der Waals surface area contributed by atoms with Crippen LogP contribution in [-0.2, 0) is 7.05 Å². The van der Waals surface area contributed by atoms with Crippen LogP contribution in [0.2, 0.25) is 0 Å². The standard InChI is InChI=1S/C10H9N3O2/c1-12-7-4-9(14)13(10(12)15)8-2-5-11-6-3-8/h2-7H,1H3. The van der Waals surface area contributed by atoms with Gasteiger partial charge >= 0.3 is 5.69 Å². The van der Waals surface area contributed by atoms with Crippen molar-refractivity contribution in [1.82, 2.24) is 14.1 Å². The summed E-state index contributed by atoms with van der Waals surface area (Å²) < 4.78 is 2.45. The maximum Gasteiger partial charge on any atom is 0.335 e. The van der Waals surface area contributed by atoms with Gasteiger partial charge in [-0.2, -0.15) is 0 Å². The first-order chi connectivity index (χ1) is 7.20. The highest BCUT2D eigenvalue weighted by Crippen LogP contribution is 1.97. The molecule has 0 saturated carbocycles. The monoisotopic (exact) mass is 203 g/mol. The molecule has 0 saturated heterocycles. The van der Waals surface area contributed by atoms with Crippen LogP contribution in [0.3, 0.4) is 0 Å². The second kappa shape index (κ2) is 3.53. The molecule has 0 unspecified atom stereocenters. The van der Waals surface area contributed by atoms with Crippen LogP contribution in [0.4, 0.5) is 0 Å². The van der Waals surface area contributed by atoms with Crippen molar-refractivity contribution in [2.24, 2.45) is 7.05 Å².